The van der Waals surface area contributed by atoms with Crippen LogP contribution in [0.2, 0.25) is 0 Å². The summed E-state index contributed by atoms with van der Waals surface area (Å²) in [5.74, 6) is 0.739. The molecule has 15 heavy (non-hydrogen) atoms. The lowest BCUT2D eigenvalue weighted by atomic mass is 10.1. The van der Waals surface area contributed by atoms with Gasteiger partial charge in [0.25, 0.3) is 0 Å². The zero-order valence-corrected chi connectivity index (χ0v) is 8.44. The molecule has 1 saturated heterocycles. The van der Waals surface area contributed by atoms with Gasteiger partial charge in [-0.15, -0.1) is 0 Å². The van der Waals surface area contributed by atoms with E-state index in [0.717, 1.165) is 31.7 Å². The summed E-state index contributed by atoms with van der Waals surface area (Å²) in [5, 5.41) is 11.9. The number of ether oxygens (including phenoxy) is 1. The van der Waals surface area contributed by atoms with Gasteiger partial charge >= 0.3 is 0 Å². The maximum Gasteiger partial charge on any atom is 0.140 e. The van der Waals surface area contributed by atoms with Gasteiger partial charge in [0.2, 0.25) is 0 Å². The Bertz CT molecular complexity index is 349. The number of rotatable bonds is 2. The summed E-state index contributed by atoms with van der Waals surface area (Å²) in [4.78, 5) is 3.96. The Labute approximate surface area is 88.9 Å². The summed E-state index contributed by atoms with van der Waals surface area (Å²) >= 11 is 0. The van der Waals surface area contributed by atoms with Crippen LogP contribution < -0.4 is 10.1 Å². The Morgan fingerprint density at radius 3 is 3.07 bits per heavy atom. The second kappa shape index (κ2) is 4.76. The van der Waals surface area contributed by atoms with E-state index < -0.39 is 0 Å². The Balaban J connectivity index is 1.95. The van der Waals surface area contributed by atoms with Crippen LogP contribution in [0, 0.1) is 11.3 Å². The van der Waals surface area contributed by atoms with E-state index in [9.17, 15) is 0 Å². The van der Waals surface area contributed by atoms with Crippen molar-refractivity contribution < 1.29 is 4.74 Å². The number of hydrogen-bond donors (Lipinski definition) is 1. The lowest BCUT2D eigenvalue weighted by Gasteiger charge is -2.23. The molecule has 1 atom stereocenters. The average molecular weight is 203 g/mol. The van der Waals surface area contributed by atoms with Crippen LogP contribution in [0.25, 0.3) is 0 Å². The van der Waals surface area contributed by atoms with E-state index in [-0.39, 0.29) is 6.10 Å². The molecule has 1 aromatic heterocycles. The summed E-state index contributed by atoms with van der Waals surface area (Å²) in [6.45, 7) is 1.96. The second-order valence-electron chi connectivity index (χ2n) is 3.58. The molecule has 2 heterocycles. The second-order valence-corrected chi connectivity index (χ2v) is 3.58. The summed E-state index contributed by atoms with van der Waals surface area (Å²) in [5.41, 5.74) is 0.420. The average Bonchev–Trinajstić information content (AvgIpc) is 2.31. The molecule has 1 unspecified atom stereocenters. The molecule has 1 N–H and O–H groups in total. The number of nitrogens with one attached hydrogen (secondary N) is 1. The van der Waals surface area contributed by atoms with Crippen LogP contribution in [0.5, 0.6) is 5.75 Å². The first-order chi connectivity index (χ1) is 7.38. The summed E-state index contributed by atoms with van der Waals surface area (Å²) in [6.07, 6.45) is 4.06. The van der Waals surface area contributed by atoms with Gasteiger partial charge in [0.05, 0.1) is 6.20 Å². The van der Waals surface area contributed by atoms with Gasteiger partial charge < -0.3 is 10.1 Å². The fraction of sp³-hybridized carbons (Fsp3) is 0.455. The third kappa shape index (κ3) is 2.67. The van der Waals surface area contributed by atoms with E-state index in [0.29, 0.717) is 5.69 Å². The standard InChI is InChI=1S/C11H13N3O/c12-6-9-3-4-11(8-14-9)15-10-2-1-5-13-7-10/h3-4,8,10,13H,1-2,5,7H2. The third-order valence-corrected chi connectivity index (χ3v) is 2.41. The molecule has 2 rings (SSSR count). The number of nitrogens with zero attached hydrogens (tertiary/aromatic N) is 2. The Hall–Kier alpha value is -1.60. The molecule has 1 aromatic rings. The van der Waals surface area contributed by atoms with E-state index in [4.69, 9.17) is 10.00 Å². The molecule has 0 saturated carbocycles. The van der Waals surface area contributed by atoms with Gasteiger partial charge in [-0.3, -0.25) is 0 Å². The zero-order chi connectivity index (χ0) is 10.5. The smallest absolute Gasteiger partial charge is 0.140 e. The minimum Gasteiger partial charge on any atom is -0.487 e. The topological polar surface area (TPSA) is 57.9 Å². The van der Waals surface area contributed by atoms with Crippen molar-refractivity contribution in [2.24, 2.45) is 0 Å². The molecule has 4 nitrogen and oxygen atoms in total. The molecular formula is C11H13N3O. The zero-order valence-electron chi connectivity index (χ0n) is 8.44. The van der Waals surface area contributed by atoms with Crippen LogP contribution in [0.15, 0.2) is 18.3 Å². The first-order valence-electron chi connectivity index (χ1n) is 5.12. The van der Waals surface area contributed by atoms with Gasteiger partial charge in [0.15, 0.2) is 0 Å². The normalized spacial score (nSPS) is 20.6. The highest BCUT2D eigenvalue weighted by molar-refractivity contribution is 5.26. The van der Waals surface area contributed by atoms with Crippen molar-refractivity contribution in [1.29, 1.82) is 5.26 Å². The predicted octanol–water partition coefficient (Wildman–Crippen LogP) is 1.08. The van der Waals surface area contributed by atoms with Crippen molar-refractivity contribution in [3.63, 3.8) is 0 Å². The van der Waals surface area contributed by atoms with Gasteiger partial charge in [-0.2, -0.15) is 5.26 Å². The van der Waals surface area contributed by atoms with E-state index in [2.05, 4.69) is 10.3 Å². The highest BCUT2D eigenvalue weighted by Gasteiger charge is 2.14. The van der Waals surface area contributed by atoms with Crippen molar-refractivity contribution in [3.8, 4) is 11.8 Å². The number of hydrogen-bond acceptors (Lipinski definition) is 4. The predicted molar refractivity (Wildman–Crippen MR) is 55.5 cm³/mol. The van der Waals surface area contributed by atoms with Crippen molar-refractivity contribution in [2.45, 2.75) is 18.9 Å². The minimum absolute atomic E-state index is 0.230. The third-order valence-electron chi connectivity index (χ3n) is 2.41. The van der Waals surface area contributed by atoms with Gasteiger partial charge in [-0.05, 0) is 31.5 Å². The molecule has 0 aliphatic carbocycles. The van der Waals surface area contributed by atoms with Crippen LogP contribution in [0.4, 0.5) is 0 Å². The van der Waals surface area contributed by atoms with Crippen LogP contribution in [0.3, 0.4) is 0 Å². The van der Waals surface area contributed by atoms with E-state index >= 15 is 0 Å². The molecule has 1 aliphatic heterocycles. The van der Waals surface area contributed by atoms with Crippen molar-refractivity contribution >= 4 is 0 Å². The van der Waals surface area contributed by atoms with Gasteiger partial charge in [-0.1, -0.05) is 0 Å². The van der Waals surface area contributed by atoms with Crippen LogP contribution >= 0.6 is 0 Å². The molecule has 1 fully saturated rings. The Morgan fingerprint density at radius 2 is 2.47 bits per heavy atom. The molecular weight excluding hydrogens is 190 g/mol. The van der Waals surface area contributed by atoms with Crippen molar-refractivity contribution in [2.75, 3.05) is 13.1 Å². The molecule has 78 valence electrons. The molecule has 0 radical (unpaired) electrons. The van der Waals surface area contributed by atoms with Crippen LogP contribution in [-0.4, -0.2) is 24.2 Å². The first kappa shape index (κ1) is 9.94. The fourth-order valence-electron chi connectivity index (χ4n) is 1.63. The SMILES string of the molecule is N#Cc1ccc(OC2CCCNC2)cn1. The molecule has 0 amide bonds. The van der Waals surface area contributed by atoms with E-state index in [1.807, 2.05) is 6.07 Å². The number of nitriles is 1. The molecule has 1 aliphatic rings. The Kier molecular flexibility index (Phi) is 3.15. The molecule has 0 bridgehead atoms. The lowest BCUT2D eigenvalue weighted by Crippen LogP contribution is -2.37. The highest BCUT2D eigenvalue weighted by atomic mass is 16.5. The number of piperidine rings is 1. The number of aromatic nitrogens is 1. The van der Waals surface area contributed by atoms with Gasteiger partial charge in [0, 0.05) is 6.54 Å². The summed E-state index contributed by atoms with van der Waals surface area (Å²) in [6, 6.07) is 5.44. The monoisotopic (exact) mass is 203 g/mol. The Morgan fingerprint density at radius 1 is 1.53 bits per heavy atom. The van der Waals surface area contributed by atoms with Crippen LogP contribution in [0.1, 0.15) is 18.5 Å². The maximum atomic E-state index is 8.59. The maximum absolute atomic E-state index is 8.59. The fourth-order valence-corrected chi connectivity index (χ4v) is 1.63. The summed E-state index contributed by atoms with van der Waals surface area (Å²) in [7, 11) is 0. The minimum atomic E-state index is 0.230. The van der Waals surface area contributed by atoms with Crippen molar-refractivity contribution in [1.82, 2.24) is 10.3 Å². The van der Waals surface area contributed by atoms with Crippen molar-refractivity contribution in [3.05, 3.63) is 24.0 Å². The highest BCUT2D eigenvalue weighted by Crippen LogP contribution is 2.14. The summed E-state index contributed by atoms with van der Waals surface area (Å²) < 4.78 is 5.72. The van der Waals surface area contributed by atoms with E-state index in [1.165, 1.54) is 0 Å². The molecule has 0 aromatic carbocycles. The molecule has 4 heteroatoms. The van der Waals surface area contributed by atoms with E-state index in [1.54, 1.807) is 18.3 Å². The number of pyridine rings is 1. The first-order valence-corrected chi connectivity index (χ1v) is 5.12. The quantitative estimate of drug-likeness (QED) is 0.781. The van der Waals surface area contributed by atoms with Gasteiger partial charge in [0.1, 0.15) is 23.6 Å². The largest absolute Gasteiger partial charge is 0.487 e. The van der Waals surface area contributed by atoms with Crippen LogP contribution in [-0.2, 0) is 0 Å². The lowest BCUT2D eigenvalue weighted by molar-refractivity contribution is 0.166. The molecule has 0 spiro atoms. The van der Waals surface area contributed by atoms with Gasteiger partial charge in [-0.25, -0.2) is 4.98 Å².